The van der Waals surface area contributed by atoms with Gasteiger partial charge in [-0.25, -0.2) is 13.4 Å². The van der Waals surface area contributed by atoms with Crippen LogP contribution in [0.5, 0.6) is 0 Å². The molecule has 2 atom stereocenters. The van der Waals surface area contributed by atoms with Crippen LogP contribution in [0.15, 0.2) is 35.5 Å². The van der Waals surface area contributed by atoms with Gasteiger partial charge in [0.2, 0.25) is 10.0 Å². The van der Waals surface area contributed by atoms with Crippen LogP contribution in [-0.2, 0) is 20.9 Å². The Kier molecular flexibility index (Phi) is 4.49. The Morgan fingerprint density at radius 1 is 1.26 bits per heavy atom. The summed E-state index contributed by atoms with van der Waals surface area (Å²) >= 11 is 0. The van der Waals surface area contributed by atoms with Crippen LogP contribution < -0.4 is 5.43 Å². The topological polar surface area (TPSA) is 65.2 Å². The minimum absolute atomic E-state index is 0.0850. The second-order valence-corrected chi connectivity index (χ2v) is 9.07. The van der Waals surface area contributed by atoms with E-state index in [1.165, 1.54) is 22.7 Å². The molecule has 0 saturated carbocycles. The molecule has 0 spiro atoms. The van der Waals surface area contributed by atoms with Gasteiger partial charge in [-0.3, -0.25) is 0 Å². The van der Waals surface area contributed by atoms with Gasteiger partial charge in [-0.05, 0) is 23.3 Å². The molecular formula is C17H20F3N3O3S. The third-order valence-electron chi connectivity index (χ3n) is 5.09. The van der Waals surface area contributed by atoms with Gasteiger partial charge in [-0.1, -0.05) is 12.1 Å². The largest absolute Gasteiger partial charge is 0.416 e. The van der Waals surface area contributed by atoms with Crippen LogP contribution in [0, 0.1) is 0 Å². The number of alkyl halides is 3. The Labute approximate surface area is 155 Å². The Hall–Kier alpha value is -1.62. The summed E-state index contributed by atoms with van der Waals surface area (Å²) in [4.78, 5) is 0. The van der Waals surface area contributed by atoms with Gasteiger partial charge < -0.3 is 10.2 Å². The predicted molar refractivity (Wildman–Crippen MR) is 91.8 cm³/mol. The van der Waals surface area contributed by atoms with Crippen molar-refractivity contribution in [2.45, 2.75) is 24.7 Å². The van der Waals surface area contributed by atoms with Crippen LogP contribution >= 0.6 is 0 Å². The predicted octanol–water partition coefficient (Wildman–Crippen LogP) is 1.88. The zero-order chi connectivity index (χ0) is 19.4. The number of epoxide rings is 1. The van der Waals surface area contributed by atoms with Crippen LogP contribution in [0.2, 0.25) is 0 Å². The number of sulfonamides is 1. The van der Waals surface area contributed by atoms with Gasteiger partial charge in [0.1, 0.15) is 0 Å². The van der Waals surface area contributed by atoms with E-state index in [4.69, 9.17) is 4.74 Å². The molecule has 1 N–H and O–H groups in total. The first-order valence-corrected chi connectivity index (χ1v) is 10.5. The molecule has 3 aliphatic heterocycles. The highest BCUT2D eigenvalue weighted by atomic mass is 32.2. The summed E-state index contributed by atoms with van der Waals surface area (Å²) in [7, 11) is -3.34. The number of hydrazine groups is 1. The summed E-state index contributed by atoms with van der Waals surface area (Å²) in [5.41, 5.74) is 5.13. The van der Waals surface area contributed by atoms with Gasteiger partial charge in [-0.2, -0.15) is 17.5 Å². The van der Waals surface area contributed by atoms with Crippen LogP contribution in [0.3, 0.4) is 0 Å². The molecule has 0 aliphatic carbocycles. The number of hydrogen-bond acceptors (Lipinski definition) is 5. The average Bonchev–Trinajstić information content (AvgIpc) is 3.32. The lowest BCUT2D eigenvalue weighted by Gasteiger charge is -2.29. The SMILES string of the molecule is CS(=O)(=O)N1CCC2=C(C1)[C@@H](c1ccc(C(F)(F)F)cc1)N(CC1CO1)N2. The summed E-state index contributed by atoms with van der Waals surface area (Å²) in [6.07, 6.45) is -2.59. The molecule has 1 saturated heterocycles. The standard InChI is InChI=1S/C17H20F3N3O3S/c1-27(24,25)22-7-6-15-14(9-22)16(23(21-15)8-13-10-26-13)11-2-4-12(5-3-11)17(18,19)20/h2-5,13,16,21H,6-10H2,1H3/t13?,16-/m1/s1. The summed E-state index contributed by atoms with van der Waals surface area (Å²) in [5.74, 6) is 0. The fourth-order valence-corrected chi connectivity index (χ4v) is 4.43. The first-order valence-electron chi connectivity index (χ1n) is 8.62. The highest BCUT2D eigenvalue weighted by Gasteiger charge is 2.41. The number of hydrogen-bond donors (Lipinski definition) is 1. The Bertz CT molecular complexity index is 864. The van der Waals surface area contributed by atoms with E-state index in [2.05, 4.69) is 5.43 Å². The van der Waals surface area contributed by atoms with E-state index in [0.29, 0.717) is 31.7 Å². The van der Waals surface area contributed by atoms with Gasteiger partial charge in [0, 0.05) is 31.8 Å². The molecule has 3 aliphatic rings. The smallest absolute Gasteiger partial charge is 0.372 e. The molecule has 1 aromatic rings. The fourth-order valence-electron chi connectivity index (χ4n) is 3.63. The average molecular weight is 403 g/mol. The van der Waals surface area contributed by atoms with Crippen LogP contribution in [-0.4, -0.2) is 56.3 Å². The van der Waals surface area contributed by atoms with Gasteiger partial charge >= 0.3 is 6.18 Å². The van der Waals surface area contributed by atoms with E-state index in [0.717, 1.165) is 23.4 Å². The molecule has 27 heavy (non-hydrogen) atoms. The lowest BCUT2D eigenvalue weighted by Crippen LogP contribution is -2.37. The van der Waals surface area contributed by atoms with Crippen molar-refractivity contribution in [2.24, 2.45) is 0 Å². The maximum Gasteiger partial charge on any atom is 0.416 e. The fraction of sp³-hybridized carbons (Fsp3) is 0.529. The van der Waals surface area contributed by atoms with Crippen molar-refractivity contribution in [1.29, 1.82) is 0 Å². The molecule has 6 nitrogen and oxygen atoms in total. The van der Waals surface area contributed by atoms with Crippen molar-refractivity contribution < 1.29 is 26.3 Å². The highest BCUT2D eigenvalue weighted by Crippen LogP contribution is 2.40. The number of nitrogens with zero attached hydrogens (tertiary/aromatic N) is 2. The molecule has 1 aromatic carbocycles. The molecule has 10 heteroatoms. The van der Waals surface area contributed by atoms with E-state index in [-0.39, 0.29) is 18.7 Å². The van der Waals surface area contributed by atoms with E-state index in [1.54, 1.807) is 0 Å². The zero-order valence-electron chi connectivity index (χ0n) is 14.7. The Morgan fingerprint density at radius 3 is 2.48 bits per heavy atom. The van der Waals surface area contributed by atoms with Crippen LogP contribution in [0.4, 0.5) is 13.2 Å². The molecule has 0 radical (unpaired) electrons. The molecule has 1 fully saturated rings. The zero-order valence-corrected chi connectivity index (χ0v) is 15.5. The molecule has 1 unspecified atom stereocenters. The Morgan fingerprint density at radius 2 is 1.93 bits per heavy atom. The van der Waals surface area contributed by atoms with E-state index in [1.807, 2.05) is 5.01 Å². The number of benzene rings is 1. The molecule has 148 valence electrons. The van der Waals surface area contributed by atoms with Crippen LogP contribution in [0.1, 0.15) is 23.6 Å². The first kappa shape index (κ1) is 18.7. The highest BCUT2D eigenvalue weighted by molar-refractivity contribution is 7.88. The van der Waals surface area contributed by atoms with Crippen molar-refractivity contribution in [3.05, 3.63) is 46.7 Å². The first-order chi connectivity index (χ1) is 12.6. The maximum atomic E-state index is 12.9. The lowest BCUT2D eigenvalue weighted by molar-refractivity contribution is -0.137. The summed E-state index contributed by atoms with van der Waals surface area (Å²) < 4.78 is 69.3. The van der Waals surface area contributed by atoms with Crippen molar-refractivity contribution in [2.75, 3.05) is 32.5 Å². The van der Waals surface area contributed by atoms with Crippen LogP contribution in [0.25, 0.3) is 0 Å². The molecular weight excluding hydrogens is 383 g/mol. The van der Waals surface area contributed by atoms with Crippen molar-refractivity contribution in [3.8, 4) is 0 Å². The number of ether oxygens (including phenoxy) is 1. The molecule has 3 heterocycles. The third kappa shape index (κ3) is 3.84. The number of rotatable bonds is 4. The van der Waals surface area contributed by atoms with Gasteiger partial charge in [-0.15, -0.1) is 0 Å². The normalized spacial score (nSPS) is 26.8. The van der Waals surface area contributed by atoms with Crippen molar-refractivity contribution in [1.82, 2.24) is 14.7 Å². The second kappa shape index (κ2) is 6.47. The maximum absolute atomic E-state index is 12.9. The van der Waals surface area contributed by atoms with E-state index < -0.39 is 21.8 Å². The molecule has 0 aromatic heterocycles. The summed E-state index contributed by atoms with van der Waals surface area (Å²) in [6.45, 7) is 1.85. The van der Waals surface area contributed by atoms with Crippen molar-refractivity contribution in [3.63, 3.8) is 0 Å². The molecule has 4 rings (SSSR count). The quantitative estimate of drug-likeness (QED) is 0.778. The van der Waals surface area contributed by atoms with E-state index >= 15 is 0 Å². The van der Waals surface area contributed by atoms with Gasteiger partial charge in [0.15, 0.2) is 0 Å². The monoisotopic (exact) mass is 403 g/mol. The minimum Gasteiger partial charge on any atom is -0.372 e. The molecule has 0 bridgehead atoms. The number of nitrogens with one attached hydrogen (secondary N) is 1. The second-order valence-electron chi connectivity index (χ2n) is 7.09. The summed E-state index contributed by atoms with van der Waals surface area (Å²) in [5, 5.41) is 1.94. The van der Waals surface area contributed by atoms with Crippen molar-refractivity contribution >= 4 is 10.0 Å². The lowest BCUT2D eigenvalue weighted by atomic mass is 9.94. The summed E-state index contributed by atoms with van der Waals surface area (Å²) in [6, 6.07) is 4.74. The van der Waals surface area contributed by atoms with E-state index in [9.17, 15) is 21.6 Å². The molecule has 0 amide bonds. The number of halogens is 3. The Balaban J connectivity index is 1.66. The van der Waals surface area contributed by atoms with Gasteiger partial charge in [0.25, 0.3) is 0 Å². The minimum atomic E-state index is -4.39. The van der Waals surface area contributed by atoms with Gasteiger partial charge in [0.05, 0.1) is 30.6 Å². The third-order valence-corrected chi connectivity index (χ3v) is 6.34.